The first-order chi connectivity index (χ1) is 17.0. The second-order valence-electron chi connectivity index (χ2n) is 6.99. The summed E-state index contributed by atoms with van der Waals surface area (Å²) in [5.41, 5.74) is 0. The van der Waals surface area contributed by atoms with Crippen LogP contribution in [0.5, 0.6) is 0 Å². The average Bonchev–Trinajstić information content (AvgIpc) is 2.84. The number of Topliss-reactive ketones (excluding diaryl/α,β-unsaturated/α-hetero) is 1. The van der Waals surface area contributed by atoms with E-state index in [1.54, 1.807) is 40.6 Å². The summed E-state index contributed by atoms with van der Waals surface area (Å²) in [5.74, 6) is 0.167. The van der Waals surface area contributed by atoms with E-state index in [1.807, 2.05) is 138 Å². The van der Waals surface area contributed by atoms with Crippen molar-refractivity contribution in [3.05, 3.63) is 72.8 Å². The molecule has 0 aliphatic rings. The van der Waals surface area contributed by atoms with Gasteiger partial charge in [-0.05, 0) is 27.7 Å². The van der Waals surface area contributed by atoms with Crippen molar-refractivity contribution in [2.24, 2.45) is 9.98 Å². The molecule has 1 N–H and O–H groups in total. The van der Waals surface area contributed by atoms with Crippen LogP contribution in [-0.2, 0) is 4.79 Å². The molecule has 0 aromatic heterocycles. The molecule has 38 heavy (non-hydrogen) atoms. The lowest BCUT2D eigenvalue weighted by Gasteiger charge is -1.98. The van der Waals surface area contributed by atoms with Crippen LogP contribution in [0.2, 0.25) is 0 Å². The van der Waals surface area contributed by atoms with Gasteiger partial charge in [-0.2, -0.15) is 0 Å². The van der Waals surface area contributed by atoms with Gasteiger partial charge in [0.05, 0.1) is 12.7 Å². The van der Waals surface area contributed by atoms with Gasteiger partial charge in [0.2, 0.25) is 0 Å². The number of hydrogen-bond acceptors (Lipinski definition) is 4. The third kappa shape index (κ3) is 150. The van der Waals surface area contributed by atoms with Crippen LogP contribution in [0.3, 0.4) is 0 Å². The first-order valence-corrected chi connectivity index (χ1v) is 12.3. The molecule has 0 unspecified atom stereocenters. The highest BCUT2D eigenvalue weighted by atomic mass is 16.3. The zero-order valence-corrected chi connectivity index (χ0v) is 25.8. The molecule has 0 saturated heterocycles. The molecule has 0 atom stereocenters. The van der Waals surface area contributed by atoms with Gasteiger partial charge in [-0.1, -0.05) is 115 Å². The predicted molar refractivity (Wildman–Crippen MR) is 179 cm³/mol. The number of nitrogens with zero attached hydrogens (tertiary/aromatic N) is 4. The number of rotatable bonds is 2. The molecule has 6 nitrogen and oxygen atoms in total. The minimum atomic E-state index is -0.167. The maximum atomic E-state index is 9.44. The molecule has 0 radical (unpaired) electrons. The van der Waals surface area contributed by atoms with Crippen LogP contribution in [0.4, 0.5) is 0 Å². The van der Waals surface area contributed by atoms with Gasteiger partial charge >= 0.3 is 0 Å². The summed E-state index contributed by atoms with van der Waals surface area (Å²) >= 11 is 0. The Balaban J connectivity index is -0.0000000460. The van der Waals surface area contributed by atoms with Crippen LogP contribution >= 0.6 is 0 Å². The van der Waals surface area contributed by atoms with E-state index in [2.05, 4.69) is 9.98 Å². The number of benzene rings is 2. The first kappa shape index (κ1) is 55.5. The maximum Gasteiger partial charge on any atom is 0.126 e. The fourth-order valence-electron chi connectivity index (χ4n) is 1.23. The van der Waals surface area contributed by atoms with E-state index >= 15 is 0 Å². The smallest absolute Gasteiger partial charge is 0.126 e. The van der Waals surface area contributed by atoms with Gasteiger partial charge in [0.15, 0.2) is 0 Å². The third-order valence-corrected chi connectivity index (χ3v) is 2.03. The summed E-state index contributed by atoms with van der Waals surface area (Å²) in [5, 5.41) is 8.06. The Morgan fingerprint density at radius 2 is 0.711 bits per heavy atom. The number of ketones is 1. The largest absolute Gasteiger partial charge is 0.394 e. The normalized spacial score (nSPS) is 7.58. The monoisotopic (exact) mass is 539 g/mol. The number of carbonyl (C=O) groups excluding carboxylic acids is 1. The molecule has 0 fully saturated rings. The predicted octanol–water partition coefficient (Wildman–Crippen LogP) is 8.09. The molecule has 2 rings (SSSR count). The standard InChI is InChI=1S/2C6H6.2C4H10N2.C3H8O.C3H6O.2C2H6.2CH4/c2*1-2-4-6-5-3-1;2*1-5-4-6(2)3;2*1-3(2)4;2*1-2;;/h2*1-6H;2*4H,1-3H3;3-4H,1-2H3;1-2H3;2*1-2H3;2*1H4. The lowest BCUT2D eigenvalue weighted by molar-refractivity contribution is -0.115. The Labute approximate surface area is 239 Å². The van der Waals surface area contributed by atoms with Gasteiger partial charge in [0.25, 0.3) is 0 Å². The van der Waals surface area contributed by atoms with E-state index in [1.165, 1.54) is 13.8 Å². The number of aliphatic imine (C=N–C) groups is 2. The fourth-order valence-corrected chi connectivity index (χ4v) is 1.23. The van der Waals surface area contributed by atoms with Crippen molar-refractivity contribution < 1.29 is 9.90 Å². The summed E-state index contributed by atoms with van der Waals surface area (Å²) in [7, 11) is 11.2. The summed E-state index contributed by atoms with van der Waals surface area (Å²) in [6.07, 6.45) is 3.33. The molecule has 6 heteroatoms. The number of aliphatic hydroxyl groups is 1. The van der Waals surface area contributed by atoms with E-state index < -0.39 is 0 Å². The van der Waals surface area contributed by atoms with Crippen LogP contribution < -0.4 is 0 Å². The van der Waals surface area contributed by atoms with Crippen LogP contribution in [-0.4, -0.2) is 81.8 Å². The lowest BCUT2D eigenvalue weighted by Crippen LogP contribution is -2.06. The minimum Gasteiger partial charge on any atom is -0.394 e. The van der Waals surface area contributed by atoms with E-state index in [-0.39, 0.29) is 26.7 Å². The second-order valence-corrected chi connectivity index (χ2v) is 6.99. The van der Waals surface area contributed by atoms with Gasteiger partial charge in [0.1, 0.15) is 5.78 Å². The topological polar surface area (TPSA) is 68.5 Å². The van der Waals surface area contributed by atoms with Gasteiger partial charge in [0, 0.05) is 48.4 Å². The Morgan fingerprint density at radius 1 is 0.605 bits per heavy atom. The lowest BCUT2D eigenvalue weighted by atomic mass is 10.4. The zero-order valence-electron chi connectivity index (χ0n) is 25.8. The van der Waals surface area contributed by atoms with Crippen molar-refractivity contribution in [1.82, 2.24) is 9.80 Å². The molecule has 0 saturated carbocycles. The molecule has 0 amide bonds. The average molecular weight is 539 g/mol. The van der Waals surface area contributed by atoms with Crippen LogP contribution in [0, 0.1) is 0 Å². The quantitative estimate of drug-likeness (QED) is 0.310. The van der Waals surface area contributed by atoms with Gasteiger partial charge in [-0.15, -0.1) is 0 Å². The van der Waals surface area contributed by atoms with Crippen molar-refractivity contribution in [2.75, 3.05) is 42.3 Å². The SMILES string of the molecule is C.C.CC.CC.CC(C)=O.CC(C)O.CN=CN(C)C.CN=CN(C)C.c1ccccc1.c1ccccc1. The van der Waals surface area contributed by atoms with Crippen molar-refractivity contribution >= 4 is 18.5 Å². The molecule has 2 aromatic carbocycles. The molecular formula is C32H66N4O2. The highest BCUT2D eigenvalue weighted by molar-refractivity contribution is 5.72. The Bertz CT molecular complexity index is 508. The zero-order chi connectivity index (χ0) is 29.6. The molecule has 226 valence electrons. The highest BCUT2D eigenvalue weighted by Gasteiger charge is 1.69. The Morgan fingerprint density at radius 3 is 0.737 bits per heavy atom. The van der Waals surface area contributed by atoms with Crippen molar-refractivity contribution in [2.45, 2.75) is 76.3 Å². The first-order valence-electron chi connectivity index (χ1n) is 12.3. The van der Waals surface area contributed by atoms with E-state index in [0.29, 0.717) is 0 Å². The molecule has 0 spiro atoms. The van der Waals surface area contributed by atoms with Crippen LogP contribution in [0.25, 0.3) is 0 Å². The van der Waals surface area contributed by atoms with Crippen molar-refractivity contribution in [3.63, 3.8) is 0 Å². The van der Waals surface area contributed by atoms with E-state index in [9.17, 15) is 4.79 Å². The number of aliphatic hydroxyl groups excluding tert-OH is 1. The number of hydrogen-bond donors (Lipinski definition) is 1. The van der Waals surface area contributed by atoms with Crippen LogP contribution in [0.1, 0.15) is 70.2 Å². The third-order valence-electron chi connectivity index (χ3n) is 2.03. The summed E-state index contributed by atoms with van der Waals surface area (Å²) < 4.78 is 0. The fraction of sp³-hybridized carbons (Fsp3) is 0.531. The van der Waals surface area contributed by atoms with Gasteiger partial charge in [-0.3, -0.25) is 9.98 Å². The Hall–Kier alpha value is -2.99. The second kappa shape index (κ2) is 59.2. The van der Waals surface area contributed by atoms with Gasteiger partial charge < -0.3 is 19.7 Å². The molecule has 0 aliphatic carbocycles. The minimum absolute atomic E-state index is 0. The van der Waals surface area contributed by atoms with Gasteiger partial charge in [-0.25, -0.2) is 0 Å². The summed E-state index contributed by atoms with van der Waals surface area (Å²) in [4.78, 5) is 20.7. The Kier molecular flexibility index (Phi) is 86.5. The molecule has 0 aliphatic heterocycles. The van der Waals surface area contributed by atoms with Crippen molar-refractivity contribution in [1.29, 1.82) is 0 Å². The molecule has 0 heterocycles. The van der Waals surface area contributed by atoms with Crippen molar-refractivity contribution in [3.8, 4) is 0 Å². The highest BCUT2D eigenvalue weighted by Crippen LogP contribution is 1.80. The summed E-state index contributed by atoms with van der Waals surface area (Å²) in [6.45, 7) is 14.5. The molecule has 0 bridgehead atoms. The van der Waals surface area contributed by atoms with E-state index in [0.717, 1.165) is 0 Å². The van der Waals surface area contributed by atoms with E-state index in [4.69, 9.17) is 5.11 Å². The van der Waals surface area contributed by atoms with Crippen LogP contribution in [0.15, 0.2) is 82.8 Å². The number of carbonyl (C=O) groups is 1. The molecule has 2 aromatic rings. The molecular weight excluding hydrogens is 472 g/mol. The maximum absolute atomic E-state index is 9.44. The summed E-state index contributed by atoms with van der Waals surface area (Å²) in [6, 6.07) is 24.0.